The SMILES string of the molecule is CCC1CCN(C2CCN(C(=O)[C@H](C)Cc3cc(C)c(O)c(C)c3)CC2)CC1.COC(=O)N1CCC(N2CCc3ccccc3NC2=O)CC1. The number of nitrogens with one attached hydrogen (secondary N) is 1. The van der Waals surface area contributed by atoms with E-state index >= 15 is 0 Å². The zero-order valence-electron chi connectivity index (χ0n) is 31.0. The second kappa shape index (κ2) is 17.4. The van der Waals surface area contributed by atoms with Crippen LogP contribution in [0.15, 0.2) is 36.4 Å². The van der Waals surface area contributed by atoms with Crippen LogP contribution in [0.5, 0.6) is 5.75 Å². The molecule has 4 aliphatic rings. The Morgan fingerprint density at radius 1 is 0.880 bits per heavy atom. The summed E-state index contributed by atoms with van der Waals surface area (Å²) in [5.41, 5.74) is 5.00. The maximum atomic E-state index is 13.0. The van der Waals surface area contributed by atoms with E-state index in [0.717, 1.165) is 79.9 Å². The molecule has 2 aromatic rings. The predicted octanol–water partition coefficient (Wildman–Crippen LogP) is 6.61. The molecule has 10 nitrogen and oxygen atoms in total. The number of methoxy groups -OCH3 is 1. The van der Waals surface area contributed by atoms with E-state index in [1.807, 2.05) is 56.0 Å². The van der Waals surface area contributed by atoms with E-state index in [1.54, 1.807) is 4.90 Å². The topological polar surface area (TPSA) is 106 Å². The number of benzene rings is 2. The number of likely N-dealkylation sites (tertiary alicyclic amines) is 3. The quantitative estimate of drug-likeness (QED) is 0.354. The molecule has 3 saturated heterocycles. The summed E-state index contributed by atoms with van der Waals surface area (Å²) in [6, 6.07) is 12.8. The molecule has 10 heteroatoms. The number of fused-ring (bicyclic) bond motifs is 1. The Labute approximate surface area is 299 Å². The van der Waals surface area contributed by atoms with Gasteiger partial charge < -0.3 is 34.8 Å². The molecule has 0 spiro atoms. The summed E-state index contributed by atoms with van der Waals surface area (Å²) in [6.45, 7) is 14.5. The Hall–Kier alpha value is -3.79. The van der Waals surface area contributed by atoms with Gasteiger partial charge in [0.15, 0.2) is 0 Å². The average molecular weight is 690 g/mol. The van der Waals surface area contributed by atoms with E-state index in [4.69, 9.17) is 4.74 Å². The molecule has 1 atom stereocenters. The number of piperidine rings is 3. The number of aryl methyl sites for hydroxylation is 2. The van der Waals surface area contributed by atoms with Gasteiger partial charge in [0.25, 0.3) is 0 Å². The standard InChI is InChI=1S/C24H38N2O2.C16H21N3O3/c1-5-20-6-10-25(11-7-20)22-8-12-26(13-9-22)24(28)19(4)16-21-14-17(2)23(27)18(3)15-21;1-22-16(21)18-9-7-13(8-10-18)19-11-6-12-4-2-3-5-14(12)17-15(19)20/h14-15,19-20,22,27H,5-13,16H2,1-4H3;2-5,13H,6-11H2,1H3,(H,17,20)/t19-;/m1./s1. The van der Waals surface area contributed by atoms with Crippen LogP contribution in [-0.4, -0.2) is 108 Å². The third kappa shape index (κ3) is 9.30. The van der Waals surface area contributed by atoms with Gasteiger partial charge in [-0.3, -0.25) is 4.79 Å². The minimum Gasteiger partial charge on any atom is -0.507 e. The van der Waals surface area contributed by atoms with Crippen molar-refractivity contribution in [3.63, 3.8) is 0 Å². The normalized spacial score (nSPS) is 20.3. The van der Waals surface area contributed by atoms with Gasteiger partial charge in [0.05, 0.1) is 7.11 Å². The van der Waals surface area contributed by atoms with Gasteiger partial charge in [-0.15, -0.1) is 0 Å². The molecule has 4 amide bonds. The molecule has 0 aliphatic carbocycles. The van der Waals surface area contributed by atoms with Crippen LogP contribution >= 0.6 is 0 Å². The van der Waals surface area contributed by atoms with Gasteiger partial charge in [-0.2, -0.15) is 0 Å². The maximum Gasteiger partial charge on any atom is 0.409 e. The molecular formula is C40H59N5O5. The third-order valence-electron chi connectivity index (χ3n) is 11.5. The van der Waals surface area contributed by atoms with Crippen LogP contribution in [-0.2, 0) is 22.4 Å². The predicted molar refractivity (Wildman–Crippen MR) is 198 cm³/mol. The monoisotopic (exact) mass is 689 g/mol. The number of rotatable bonds is 6. The largest absolute Gasteiger partial charge is 0.507 e. The number of carbonyl (C=O) groups is 3. The van der Waals surface area contributed by atoms with Gasteiger partial charge in [0, 0.05) is 56.4 Å². The Balaban J connectivity index is 0.000000200. The van der Waals surface area contributed by atoms with E-state index < -0.39 is 0 Å². The number of phenols is 1. The maximum absolute atomic E-state index is 13.0. The first-order valence-electron chi connectivity index (χ1n) is 18.9. The first kappa shape index (κ1) is 37.5. The highest BCUT2D eigenvalue weighted by Gasteiger charge is 2.32. The van der Waals surface area contributed by atoms with Gasteiger partial charge >= 0.3 is 12.1 Å². The third-order valence-corrected chi connectivity index (χ3v) is 11.5. The van der Waals surface area contributed by atoms with Crippen LogP contribution in [0.25, 0.3) is 0 Å². The number of urea groups is 1. The van der Waals surface area contributed by atoms with Crippen molar-refractivity contribution in [2.45, 2.75) is 97.6 Å². The summed E-state index contributed by atoms with van der Waals surface area (Å²) in [6.07, 6.45) is 9.13. The summed E-state index contributed by atoms with van der Waals surface area (Å²) in [5, 5.41) is 13.0. The number of hydrogen-bond donors (Lipinski definition) is 2. The fourth-order valence-corrected chi connectivity index (χ4v) is 8.32. The number of anilines is 1. The van der Waals surface area contributed by atoms with Crippen molar-refractivity contribution in [2.24, 2.45) is 11.8 Å². The van der Waals surface area contributed by atoms with Crippen molar-refractivity contribution in [3.8, 4) is 5.75 Å². The van der Waals surface area contributed by atoms with Crippen LogP contribution in [0.3, 0.4) is 0 Å². The van der Waals surface area contributed by atoms with Crippen molar-refractivity contribution in [3.05, 3.63) is 58.7 Å². The molecule has 0 radical (unpaired) electrons. The van der Waals surface area contributed by atoms with Crippen LogP contribution in [0.2, 0.25) is 0 Å². The van der Waals surface area contributed by atoms with E-state index in [9.17, 15) is 19.5 Å². The number of carbonyl (C=O) groups excluding carboxylic acids is 3. The number of hydrogen-bond acceptors (Lipinski definition) is 6. The molecule has 2 N–H and O–H groups in total. The molecule has 3 fully saturated rings. The van der Waals surface area contributed by atoms with E-state index in [0.29, 0.717) is 31.4 Å². The number of ether oxygens (including phenoxy) is 1. The molecule has 0 unspecified atom stereocenters. The molecule has 4 heterocycles. The highest BCUT2D eigenvalue weighted by Crippen LogP contribution is 2.28. The number of para-hydroxylation sites is 1. The second-order valence-corrected chi connectivity index (χ2v) is 14.8. The van der Waals surface area contributed by atoms with Crippen LogP contribution in [0.1, 0.15) is 81.0 Å². The van der Waals surface area contributed by atoms with Gasteiger partial charge in [0.2, 0.25) is 5.91 Å². The summed E-state index contributed by atoms with van der Waals surface area (Å²) >= 11 is 0. The first-order chi connectivity index (χ1) is 24.1. The first-order valence-corrected chi connectivity index (χ1v) is 18.9. The van der Waals surface area contributed by atoms with Crippen molar-refractivity contribution in [1.82, 2.24) is 19.6 Å². The molecule has 2 aromatic carbocycles. The molecule has 0 aromatic heterocycles. The Kier molecular flexibility index (Phi) is 13.1. The Bertz CT molecular complexity index is 1430. The molecular weight excluding hydrogens is 630 g/mol. The number of phenolic OH excluding ortho intramolecular Hbond substituents is 1. The molecule has 0 bridgehead atoms. The van der Waals surface area contributed by atoms with Gasteiger partial charge in [-0.1, -0.05) is 50.6 Å². The highest BCUT2D eigenvalue weighted by molar-refractivity contribution is 5.91. The fraction of sp³-hybridized carbons (Fsp3) is 0.625. The van der Waals surface area contributed by atoms with Gasteiger partial charge in [-0.25, -0.2) is 9.59 Å². The smallest absolute Gasteiger partial charge is 0.409 e. The van der Waals surface area contributed by atoms with Gasteiger partial charge in [0.1, 0.15) is 5.75 Å². The Morgan fingerprint density at radius 2 is 1.48 bits per heavy atom. The summed E-state index contributed by atoms with van der Waals surface area (Å²) < 4.78 is 4.75. The average Bonchev–Trinajstić information content (AvgIpc) is 3.31. The van der Waals surface area contributed by atoms with Gasteiger partial charge in [-0.05, 0) is 113 Å². The molecule has 0 saturated carbocycles. The van der Waals surface area contributed by atoms with E-state index in [2.05, 4.69) is 28.1 Å². The summed E-state index contributed by atoms with van der Waals surface area (Å²) in [4.78, 5) is 45.3. The van der Waals surface area contributed by atoms with Crippen molar-refractivity contribution < 1.29 is 24.2 Å². The zero-order chi connectivity index (χ0) is 35.8. The zero-order valence-corrected chi connectivity index (χ0v) is 31.0. The molecule has 50 heavy (non-hydrogen) atoms. The minimum atomic E-state index is -0.286. The lowest BCUT2D eigenvalue weighted by Crippen LogP contribution is -2.50. The number of amides is 4. The van der Waals surface area contributed by atoms with Crippen LogP contribution in [0.4, 0.5) is 15.3 Å². The molecule has 274 valence electrons. The summed E-state index contributed by atoms with van der Waals surface area (Å²) in [5.74, 6) is 1.56. The highest BCUT2D eigenvalue weighted by atomic mass is 16.5. The lowest BCUT2D eigenvalue weighted by molar-refractivity contribution is -0.136. The summed E-state index contributed by atoms with van der Waals surface area (Å²) in [7, 11) is 1.40. The van der Waals surface area contributed by atoms with Crippen molar-refractivity contribution in [1.29, 1.82) is 0 Å². The Morgan fingerprint density at radius 3 is 2.10 bits per heavy atom. The minimum absolute atomic E-state index is 0.0137. The number of aromatic hydroxyl groups is 1. The lowest BCUT2D eigenvalue weighted by atomic mass is 9.91. The van der Waals surface area contributed by atoms with Crippen LogP contribution in [0, 0.1) is 25.7 Å². The van der Waals surface area contributed by atoms with Crippen molar-refractivity contribution in [2.75, 3.05) is 58.2 Å². The number of nitrogens with zero attached hydrogens (tertiary/aromatic N) is 4. The van der Waals surface area contributed by atoms with E-state index in [1.165, 1.54) is 45.0 Å². The van der Waals surface area contributed by atoms with Crippen molar-refractivity contribution >= 4 is 23.7 Å². The lowest BCUT2D eigenvalue weighted by Gasteiger charge is -2.42. The van der Waals surface area contributed by atoms with Crippen LogP contribution < -0.4 is 5.32 Å². The van der Waals surface area contributed by atoms with E-state index in [-0.39, 0.29) is 30.0 Å². The second-order valence-electron chi connectivity index (χ2n) is 14.8. The molecule has 4 aliphatic heterocycles. The molecule has 6 rings (SSSR count). The fourth-order valence-electron chi connectivity index (χ4n) is 8.32.